The molecule has 118 valence electrons. The molecule has 1 aliphatic heterocycles. The molecule has 1 aromatic rings. The molecule has 1 heterocycles. The minimum Gasteiger partial charge on any atom is -0.496 e. The van der Waals surface area contributed by atoms with Crippen molar-refractivity contribution in [1.29, 1.82) is 0 Å². The largest absolute Gasteiger partial charge is 0.496 e. The van der Waals surface area contributed by atoms with Crippen LogP contribution in [0.15, 0.2) is 12.1 Å². The number of hydrogen-bond acceptors (Lipinski definition) is 5. The van der Waals surface area contributed by atoms with Crippen LogP contribution in [0.1, 0.15) is 18.4 Å². The third-order valence-electron chi connectivity index (χ3n) is 3.86. The zero-order chi connectivity index (χ0) is 15.1. The van der Waals surface area contributed by atoms with Gasteiger partial charge in [-0.1, -0.05) is 0 Å². The van der Waals surface area contributed by atoms with Crippen molar-refractivity contribution < 1.29 is 18.9 Å². The lowest BCUT2D eigenvalue weighted by Gasteiger charge is -2.15. The second kappa shape index (κ2) is 8.10. The number of hydrogen-bond donors (Lipinski definition) is 1. The van der Waals surface area contributed by atoms with E-state index in [1.165, 1.54) is 6.42 Å². The van der Waals surface area contributed by atoms with Gasteiger partial charge in [-0.25, -0.2) is 0 Å². The van der Waals surface area contributed by atoms with E-state index in [4.69, 9.17) is 18.9 Å². The quantitative estimate of drug-likeness (QED) is 0.745. The SMILES string of the molecule is COc1cc(OC)c(OC)cc1CNCCC1CCOC1. The first-order valence-corrected chi connectivity index (χ1v) is 7.35. The van der Waals surface area contributed by atoms with Crippen LogP contribution in [-0.2, 0) is 11.3 Å². The molecule has 0 bridgehead atoms. The zero-order valence-corrected chi connectivity index (χ0v) is 13.1. The highest BCUT2D eigenvalue weighted by Crippen LogP contribution is 2.34. The molecule has 5 heteroatoms. The van der Waals surface area contributed by atoms with Crippen LogP contribution in [-0.4, -0.2) is 41.1 Å². The molecule has 1 N–H and O–H groups in total. The fraction of sp³-hybridized carbons (Fsp3) is 0.625. The van der Waals surface area contributed by atoms with Gasteiger partial charge in [0.25, 0.3) is 0 Å². The summed E-state index contributed by atoms with van der Waals surface area (Å²) in [5, 5.41) is 3.46. The normalized spacial score (nSPS) is 17.8. The maximum Gasteiger partial charge on any atom is 0.164 e. The third kappa shape index (κ3) is 4.25. The van der Waals surface area contributed by atoms with Crippen LogP contribution in [0, 0.1) is 5.92 Å². The number of benzene rings is 1. The van der Waals surface area contributed by atoms with E-state index in [0.29, 0.717) is 11.7 Å². The molecule has 1 unspecified atom stereocenters. The second-order valence-electron chi connectivity index (χ2n) is 5.21. The number of methoxy groups -OCH3 is 3. The van der Waals surface area contributed by atoms with E-state index < -0.39 is 0 Å². The van der Waals surface area contributed by atoms with Gasteiger partial charge in [0.15, 0.2) is 11.5 Å². The summed E-state index contributed by atoms with van der Waals surface area (Å²) in [5.41, 5.74) is 1.07. The van der Waals surface area contributed by atoms with Crippen molar-refractivity contribution >= 4 is 0 Å². The Morgan fingerprint density at radius 2 is 1.81 bits per heavy atom. The number of rotatable bonds is 8. The van der Waals surface area contributed by atoms with Crippen molar-refractivity contribution in [1.82, 2.24) is 5.32 Å². The molecule has 1 atom stereocenters. The molecule has 0 saturated carbocycles. The van der Waals surface area contributed by atoms with Gasteiger partial charge in [-0.15, -0.1) is 0 Å². The summed E-state index contributed by atoms with van der Waals surface area (Å²) in [7, 11) is 4.93. The predicted octanol–water partition coefficient (Wildman–Crippen LogP) is 2.23. The predicted molar refractivity (Wildman–Crippen MR) is 81.3 cm³/mol. The van der Waals surface area contributed by atoms with Gasteiger partial charge in [-0.3, -0.25) is 0 Å². The standard InChI is InChI=1S/C16H25NO4/c1-18-14-9-16(20-3)15(19-2)8-13(14)10-17-6-4-12-5-7-21-11-12/h8-9,12,17H,4-7,10-11H2,1-3H3. The lowest BCUT2D eigenvalue weighted by Crippen LogP contribution is -2.18. The van der Waals surface area contributed by atoms with Gasteiger partial charge in [0.2, 0.25) is 0 Å². The van der Waals surface area contributed by atoms with Crippen LogP contribution in [0.2, 0.25) is 0 Å². The molecule has 0 aromatic heterocycles. The monoisotopic (exact) mass is 295 g/mol. The molecular weight excluding hydrogens is 270 g/mol. The summed E-state index contributed by atoms with van der Waals surface area (Å²) in [6.07, 6.45) is 2.33. The Morgan fingerprint density at radius 3 is 2.43 bits per heavy atom. The number of ether oxygens (including phenoxy) is 4. The van der Waals surface area contributed by atoms with Crippen molar-refractivity contribution in [2.24, 2.45) is 5.92 Å². The molecule has 1 aromatic carbocycles. The molecule has 1 fully saturated rings. The first-order chi connectivity index (χ1) is 10.3. The molecule has 1 saturated heterocycles. The van der Waals surface area contributed by atoms with Gasteiger partial charge in [0.05, 0.1) is 21.3 Å². The Kier molecular flexibility index (Phi) is 6.14. The van der Waals surface area contributed by atoms with Gasteiger partial charge in [-0.2, -0.15) is 0 Å². The summed E-state index contributed by atoms with van der Waals surface area (Å²) in [6.45, 7) is 3.54. The van der Waals surface area contributed by atoms with Crippen molar-refractivity contribution in [3.05, 3.63) is 17.7 Å². The molecule has 21 heavy (non-hydrogen) atoms. The van der Waals surface area contributed by atoms with E-state index in [2.05, 4.69) is 5.32 Å². The molecule has 0 spiro atoms. The lowest BCUT2D eigenvalue weighted by atomic mass is 10.1. The Balaban J connectivity index is 1.91. The van der Waals surface area contributed by atoms with Crippen molar-refractivity contribution in [2.75, 3.05) is 41.1 Å². The average Bonchev–Trinajstić information content (AvgIpc) is 3.04. The van der Waals surface area contributed by atoms with Crippen LogP contribution in [0.25, 0.3) is 0 Å². The molecule has 5 nitrogen and oxygen atoms in total. The fourth-order valence-corrected chi connectivity index (χ4v) is 2.57. The zero-order valence-electron chi connectivity index (χ0n) is 13.1. The Morgan fingerprint density at radius 1 is 1.10 bits per heavy atom. The summed E-state index contributed by atoms with van der Waals surface area (Å²) in [5.74, 6) is 2.91. The summed E-state index contributed by atoms with van der Waals surface area (Å²) in [6, 6.07) is 3.82. The van der Waals surface area contributed by atoms with Crippen LogP contribution in [0.3, 0.4) is 0 Å². The van der Waals surface area contributed by atoms with E-state index in [0.717, 1.165) is 49.8 Å². The minimum atomic E-state index is 0.682. The highest BCUT2D eigenvalue weighted by atomic mass is 16.5. The highest BCUT2D eigenvalue weighted by Gasteiger charge is 2.15. The summed E-state index contributed by atoms with van der Waals surface area (Å²) < 4.78 is 21.4. The number of nitrogens with one attached hydrogen (secondary N) is 1. The second-order valence-corrected chi connectivity index (χ2v) is 5.21. The van der Waals surface area contributed by atoms with E-state index in [1.807, 2.05) is 12.1 Å². The van der Waals surface area contributed by atoms with Gasteiger partial charge < -0.3 is 24.3 Å². The first kappa shape index (κ1) is 15.9. The molecule has 1 aliphatic rings. The minimum absolute atomic E-state index is 0.682. The maximum atomic E-state index is 5.42. The summed E-state index contributed by atoms with van der Waals surface area (Å²) in [4.78, 5) is 0. The van der Waals surface area contributed by atoms with Crippen LogP contribution in [0.5, 0.6) is 17.2 Å². The maximum absolute atomic E-state index is 5.42. The molecule has 0 amide bonds. The Bertz CT molecular complexity index is 444. The van der Waals surface area contributed by atoms with Crippen molar-refractivity contribution in [2.45, 2.75) is 19.4 Å². The van der Waals surface area contributed by atoms with Crippen LogP contribution < -0.4 is 19.5 Å². The van der Waals surface area contributed by atoms with Gasteiger partial charge in [0, 0.05) is 31.4 Å². The van der Waals surface area contributed by atoms with E-state index in [1.54, 1.807) is 21.3 Å². The lowest BCUT2D eigenvalue weighted by molar-refractivity contribution is 0.184. The van der Waals surface area contributed by atoms with Gasteiger partial charge in [-0.05, 0) is 31.4 Å². The van der Waals surface area contributed by atoms with E-state index >= 15 is 0 Å². The van der Waals surface area contributed by atoms with Crippen molar-refractivity contribution in [3.63, 3.8) is 0 Å². The Hall–Kier alpha value is -1.46. The smallest absolute Gasteiger partial charge is 0.164 e. The van der Waals surface area contributed by atoms with E-state index in [-0.39, 0.29) is 0 Å². The third-order valence-corrected chi connectivity index (χ3v) is 3.86. The topological polar surface area (TPSA) is 49.0 Å². The summed E-state index contributed by atoms with van der Waals surface area (Å²) >= 11 is 0. The van der Waals surface area contributed by atoms with Crippen LogP contribution in [0.4, 0.5) is 0 Å². The highest BCUT2D eigenvalue weighted by molar-refractivity contribution is 5.50. The first-order valence-electron chi connectivity index (χ1n) is 7.35. The molecule has 2 rings (SSSR count). The van der Waals surface area contributed by atoms with E-state index in [9.17, 15) is 0 Å². The fourth-order valence-electron chi connectivity index (χ4n) is 2.57. The van der Waals surface area contributed by atoms with Gasteiger partial charge >= 0.3 is 0 Å². The Labute approximate surface area is 126 Å². The van der Waals surface area contributed by atoms with Crippen LogP contribution >= 0.6 is 0 Å². The average molecular weight is 295 g/mol. The molecular formula is C16H25NO4. The molecule has 0 radical (unpaired) electrons. The van der Waals surface area contributed by atoms with Crippen molar-refractivity contribution in [3.8, 4) is 17.2 Å². The van der Waals surface area contributed by atoms with Gasteiger partial charge in [0.1, 0.15) is 5.75 Å². The molecule has 0 aliphatic carbocycles.